The van der Waals surface area contributed by atoms with Gasteiger partial charge in [-0.3, -0.25) is 0 Å². The number of carbonyl (C=O) groups is 3. The lowest BCUT2D eigenvalue weighted by atomic mass is 9.91. The lowest BCUT2D eigenvalue weighted by molar-refractivity contribution is -0.0173. The Labute approximate surface area is 148 Å². The minimum absolute atomic E-state index is 0.142. The van der Waals surface area contributed by atoms with Crippen LogP contribution in [0.4, 0.5) is 14.4 Å². The molecule has 8 heteroatoms. The second kappa shape index (κ2) is 6.38. The number of carbonyl (C=O) groups excluding carboxylic acids is 3. The number of amides is 3. The van der Waals surface area contributed by atoms with Crippen molar-refractivity contribution in [1.29, 1.82) is 0 Å². The van der Waals surface area contributed by atoms with Gasteiger partial charge in [0.2, 0.25) is 0 Å². The first-order valence-electron chi connectivity index (χ1n) is 8.52. The Morgan fingerprint density at radius 1 is 0.960 bits per heavy atom. The zero-order valence-electron chi connectivity index (χ0n) is 15.9. The van der Waals surface area contributed by atoms with Gasteiger partial charge in [0.15, 0.2) is 0 Å². The standard InChI is InChI=1S/C17H28N2O6/c1-15(2,3)23-12(20)18-9-7-17(8-10-18)11-19(14(22)25-17)13(21)24-16(4,5)6/h7-11H2,1-6H3. The molecule has 25 heavy (non-hydrogen) atoms. The molecule has 0 atom stereocenters. The number of ether oxygens (including phenoxy) is 3. The average molecular weight is 356 g/mol. The highest BCUT2D eigenvalue weighted by atomic mass is 16.6. The van der Waals surface area contributed by atoms with Crippen molar-refractivity contribution in [3.8, 4) is 0 Å². The van der Waals surface area contributed by atoms with Crippen molar-refractivity contribution < 1.29 is 28.6 Å². The molecule has 2 aliphatic rings. The van der Waals surface area contributed by atoms with E-state index in [-0.39, 0.29) is 12.6 Å². The highest BCUT2D eigenvalue weighted by Crippen LogP contribution is 2.34. The van der Waals surface area contributed by atoms with E-state index in [1.807, 2.05) is 20.8 Å². The third-order valence-corrected chi connectivity index (χ3v) is 3.91. The molecule has 2 saturated heterocycles. The van der Waals surface area contributed by atoms with Gasteiger partial charge in [0.05, 0.1) is 6.54 Å². The van der Waals surface area contributed by atoms with Crippen LogP contribution in [-0.2, 0) is 14.2 Å². The molecular weight excluding hydrogens is 328 g/mol. The zero-order valence-corrected chi connectivity index (χ0v) is 15.9. The van der Waals surface area contributed by atoms with Crippen molar-refractivity contribution in [3.05, 3.63) is 0 Å². The van der Waals surface area contributed by atoms with Crippen LogP contribution in [0.25, 0.3) is 0 Å². The summed E-state index contributed by atoms with van der Waals surface area (Å²) in [6, 6.07) is 0. The smallest absolute Gasteiger partial charge is 0.420 e. The number of imide groups is 1. The molecule has 0 bridgehead atoms. The lowest BCUT2D eigenvalue weighted by Crippen LogP contribution is -2.50. The molecule has 0 aromatic heterocycles. The molecule has 3 amide bonds. The number of piperidine rings is 1. The summed E-state index contributed by atoms with van der Waals surface area (Å²) < 4.78 is 16.1. The molecule has 0 aromatic rings. The second-order valence-corrected chi connectivity index (χ2v) is 8.58. The van der Waals surface area contributed by atoms with E-state index in [9.17, 15) is 14.4 Å². The van der Waals surface area contributed by atoms with Gasteiger partial charge >= 0.3 is 18.3 Å². The number of rotatable bonds is 0. The SMILES string of the molecule is CC(C)(C)OC(=O)N1CCC2(CC1)CN(C(=O)OC(C)(C)C)C(=O)O2. The summed E-state index contributed by atoms with van der Waals surface area (Å²) in [5, 5.41) is 0. The van der Waals surface area contributed by atoms with Crippen LogP contribution in [0.15, 0.2) is 0 Å². The summed E-state index contributed by atoms with van der Waals surface area (Å²) in [4.78, 5) is 38.9. The Bertz CT molecular complexity index is 552. The van der Waals surface area contributed by atoms with Gasteiger partial charge in [-0.15, -0.1) is 0 Å². The predicted molar refractivity (Wildman–Crippen MR) is 89.2 cm³/mol. The van der Waals surface area contributed by atoms with Gasteiger partial charge in [-0.2, -0.15) is 0 Å². The Morgan fingerprint density at radius 3 is 1.92 bits per heavy atom. The quantitative estimate of drug-likeness (QED) is 0.620. The monoisotopic (exact) mass is 356 g/mol. The van der Waals surface area contributed by atoms with E-state index in [0.29, 0.717) is 25.9 Å². The fourth-order valence-electron chi connectivity index (χ4n) is 2.76. The Balaban J connectivity index is 1.94. The van der Waals surface area contributed by atoms with Crippen molar-refractivity contribution in [2.45, 2.75) is 71.2 Å². The number of nitrogens with zero attached hydrogens (tertiary/aromatic N) is 2. The Hall–Kier alpha value is -1.99. The summed E-state index contributed by atoms with van der Waals surface area (Å²) in [6.07, 6.45) is -0.867. The van der Waals surface area contributed by atoms with Gasteiger partial charge in [0.25, 0.3) is 0 Å². The van der Waals surface area contributed by atoms with Crippen LogP contribution < -0.4 is 0 Å². The molecule has 142 valence electrons. The largest absolute Gasteiger partial charge is 0.444 e. The summed E-state index contributed by atoms with van der Waals surface area (Å²) in [7, 11) is 0. The molecule has 2 heterocycles. The molecule has 0 aromatic carbocycles. The first kappa shape index (κ1) is 19.3. The summed E-state index contributed by atoms with van der Waals surface area (Å²) in [6.45, 7) is 11.6. The molecule has 0 radical (unpaired) electrons. The number of hydrogen-bond donors (Lipinski definition) is 0. The Kier molecular flexibility index (Phi) is 4.94. The van der Waals surface area contributed by atoms with Crippen LogP contribution in [0.5, 0.6) is 0 Å². The molecular formula is C17H28N2O6. The van der Waals surface area contributed by atoms with Crippen LogP contribution in [0.1, 0.15) is 54.4 Å². The van der Waals surface area contributed by atoms with Gasteiger partial charge < -0.3 is 19.1 Å². The molecule has 2 rings (SSSR count). The second-order valence-electron chi connectivity index (χ2n) is 8.58. The zero-order chi connectivity index (χ0) is 19.0. The maximum absolute atomic E-state index is 12.1. The molecule has 2 aliphatic heterocycles. The van der Waals surface area contributed by atoms with Gasteiger partial charge in [0, 0.05) is 25.9 Å². The topological polar surface area (TPSA) is 85.4 Å². The van der Waals surface area contributed by atoms with E-state index < -0.39 is 29.0 Å². The maximum atomic E-state index is 12.1. The van der Waals surface area contributed by atoms with Crippen molar-refractivity contribution >= 4 is 18.3 Å². The van der Waals surface area contributed by atoms with Crippen molar-refractivity contribution in [2.24, 2.45) is 0 Å². The third-order valence-electron chi connectivity index (χ3n) is 3.91. The highest BCUT2D eigenvalue weighted by molar-refractivity contribution is 5.89. The summed E-state index contributed by atoms with van der Waals surface area (Å²) in [5.41, 5.74) is -2.00. The first-order valence-corrected chi connectivity index (χ1v) is 8.52. The van der Waals surface area contributed by atoms with E-state index in [2.05, 4.69) is 0 Å². The maximum Gasteiger partial charge on any atom is 0.420 e. The van der Waals surface area contributed by atoms with Crippen LogP contribution in [0.2, 0.25) is 0 Å². The predicted octanol–water partition coefficient (Wildman–Crippen LogP) is 3.14. The molecule has 1 spiro atoms. The minimum Gasteiger partial charge on any atom is -0.444 e. The number of likely N-dealkylation sites (tertiary alicyclic amines) is 1. The molecule has 0 aliphatic carbocycles. The average Bonchev–Trinajstić information content (AvgIpc) is 2.72. The molecule has 8 nitrogen and oxygen atoms in total. The van der Waals surface area contributed by atoms with Crippen LogP contribution in [0, 0.1) is 0 Å². The lowest BCUT2D eigenvalue weighted by Gasteiger charge is -2.37. The minimum atomic E-state index is -0.757. The van der Waals surface area contributed by atoms with E-state index >= 15 is 0 Å². The van der Waals surface area contributed by atoms with Gasteiger partial charge in [-0.25, -0.2) is 19.3 Å². The highest BCUT2D eigenvalue weighted by Gasteiger charge is 2.50. The van der Waals surface area contributed by atoms with Crippen LogP contribution >= 0.6 is 0 Å². The van der Waals surface area contributed by atoms with E-state index in [1.165, 1.54) is 0 Å². The van der Waals surface area contributed by atoms with Gasteiger partial charge in [0.1, 0.15) is 16.8 Å². The van der Waals surface area contributed by atoms with Gasteiger partial charge in [-0.05, 0) is 41.5 Å². The normalized spacial score (nSPS) is 20.5. The van der Waals surface area contributed by atoms with E-state index in [1.54, 1.807) is 25.7 Å². The van der Waals surface area contributed by atoms with Crippen molar-refractivity contribution in [1.82, 2.24) is 9.80 Å². The van der Waals surface area contributed by atoms with Gasteiger partial charge in [-0.1, -0.05) is 0 Å². The van der Waals surface area contributed by atoms with E-state index in [0.717, 1.165) is 4.90 Å². The summed E-state index contributed by atoms with van der Waals surface area (Å²) >= 11 is 0. The van der Waals surface area contributed by atoms with Crippen molar-refractivity contribution in [3.63, 3.8) is 0 Å². The van der Waals surface area contributed by atoms with Crippen molar-refractivity contribution in [2.75, 3.05) is 19.6 Å². The van der Waals surface area contributed by atoms with E-state index in [4.69, 9.17) is 14.2 Å². The molecule has 0 unspecified atom stereocenters. The fraction of sp³-hybridized carbons (Fsp3) is 0.824. The molecule has 2 fully saturated rings. The van der Waals surface area contributed by atoms with Crippen LogP contribution in [-0.4, -0.2) is 64.5 Å². The summed E-state index contributed by atoms with van der Waals surface area (Å²) in [5.74, 6) is 0. The van der Waals surface area contributed by atoms with Crippen LogP contribution in [0.3, 0.4) is 0 Å². The Morgan fingerprint density at radius 2 is 1.44 bits per heavy atom. The molecule has 0 saturated carbocycles. The first-order chi connectivity index (χ1) is 11.3. The fourth-order valence-corrected chi connectivity index (χ4v) is 2.76. The number of hydrogen-bond acceptors (Lipinski definition) is 6. The molecule has 0 N–H and O–H groups in total. The third kappa shape index (κ3) is 4.99.